The number of aromatic nitrogens is 1. The van der Waals surface area contributed by atoms with Crippen LogP contribution in [0.5, 0.6) is 5.75 Å². The van der Waals surface area contributed by atoms with Gasteiger partial charge in [0.15, 0.2) is 0 Å². The molecule has 15 heavy (non-hydrogen) atoms. The maximum absolute atomic E-state index is 5.93. The topological polar surface area (TPSA) is 48.1 Å². The first-order valence-corrected chi connectivity index (χ1v) is 5.70. The molecule has 0 atom stereocenters. The fraction of sp³-hybridized carbons (Fsp3) is 0.583. The molecule has 3 heteroatoms. The van der Waals surface area contributed by atoms with Gasteiger partial charge in [-0.1, -0.05) is 6.42 Å². The van der Waals surface area contributed by atoms with Crippen molar-refractivity contribution >= 4 is 0 Å². The van der Waals surface area contributed by atoms with E-state index in [-0.39, 0.29) is 0 Å². The van der Waals surface area contributed by atoms with E-state index in [2.05, 4.69) is 4.98 Å². The van der Waals surface area contributed by atoms with Gasteiger partial charge in [-0.3, -0.25) is 4.98 Å². The summed E-state index contributed by atoms with van der Waals surface area (Å²) < 4.78 is 5.93. The number of hydrogen-bond donors (Lipinski definition) is 1. The van der Waals surface area contributed by atoms with E-state index in [9.17, 15) is 0 Å². The molecular formula is C12H18N2O. The van der Waals surface area contributed by atoms with Gasteiger partial charge in [0.2, 0.25) is 0 Å². The van der Waals surface area contributed by atoms with Crippen LogP contribution in [0.25, 0.3) is 0 Å². The van der Waals surface area contributed by atoms with Crippen molar-refractivity contribution in [2.75, 3.05) is 0 Å². The minimum atomic E-state index is 0.369. The molecule has 1 aliphatic carbocycles. The second kappa shape index (κ2) is 5.12. The molecule has 1 aromatic rings. The third-order valence-electron chi connectivity index (χ3n) is 2.94. The lowest BCUT2D eigenvalue weighted by Gasteiger charge is -2.23. The number of rotatable bonds is 3. The Morgan fingerprint density at radius 3 is 2.87 bits per heavy atom. The molecule has 1 fully saturated rings. The Hall–Kier alpha value is -1.09. The van der Waals surface area contributed by atoms with Crippen LogP contribution in [0.2, 0.25) is 0 Å². The van der Waals surface area contributed by atoms with Gasteiger partial charge in [-0.15, -0.1) is 0 Å². The van der Waals surface area contributed by atoms with E-state index in [1.807, 2.05) is 6.07 Å². The van der Waals surface area contributed by atoms with Gasteiger partial charge in [0.1, 0.15) is 5.75 Å². The SMILES string of the molecule is NCc1ccncc1OC1CCCCC1. The van der Waals surface area contributed by atoms with Crippen LogP contribution in [0.4, 0.5) is 0 Å². The molecule has 2 rings (SSSR count). The van der Waals surface area contributed by atoms with E-state index in [1.54, 1.807) is 12.4 Å². The fourth-order valence-corrected chi connectivity index (χ4v) is 2.05. The van der Waals surface area contributed by atoms with Gasteiger partial charge in [0.25, 0.3) is 0 Å². The van der Waals surface area contributed by atoms with Crippen molar-refractivity contribution in [3.8, 4) is 5.75 Å². The molecule has 1 saturated carbocycles. The maximum atomic E-state index is 5.93. The first-order valence-electron chi connectivity index (χ1n) is 5.70. The van der Waals surface area contributed by atoms with Crippen molar-refractivity contribution in [1.29, 1.82) is 0 Å². The lowest BCUT2D eigenvalue weighted by molar-refractivity contribution is 0.153. The molecule has 3 nitrogen and oxygen atoms in total. The van der Waals surface area contributed by atoms with Gasteiger partial charge in [0, 0.05) is 18.3 Å². The first-order chi connectivity index (χ1) is 7.40. The summed E-state index contributed by atoms with van der Waals surface area (Å²) in [6, 6.07) is 1.93. The van der Waals surface area contributed by atoms with Crippen LogP contribution in [0.1, 0.15) is 37.7 Å². The summed E-state index contributed by atoms with van der Waals surface area (Å²) in [7, 11) is 0. The third-order valence-corrected chi connectivity index (χ3v) is 2.94. The highest BCUT2D eigenvalue weighted by Crippen LogP contribution is 2.24. The summed E-state index contributed by atoms with van der Waals surface area (Å²) in [5, 5.41) is 0. The molecule has 1 heterocycles. The molecule has 0 saturated heterocycles. The molecule has 1 aromatic heterocycles. The van der Waals surface area contributed by atoms with Crippen molar-refractivity contribution in [3.63, 3.8) is 0 Å². The smallest absolute Gasteiger partial charge is 0.142 e. The van der Waals surface area contributed by atoms with Crippen molar-refractivity contribution in [1.82, 2.24) is 4.98 Å². The second-order valence-corrected chi connectivity index (χ2v) is 4.07. The molecule has 0 aliphatic heterocycles. The molecule has 0 radical (unpaired) electrons. The molecule has 1 aliphatic rings. The normalized spacial score (nSPS) is 17.7. The Morgan fingerprint density at radius 2 is 2.13 bits per heavy atom. The van der Waals surface area contributed by atoms with Crippen molar-refractivity contribution < 1.29 is 4.74 Å². The molecule has 0 aromatic carbocycles. The van der Waals surface area contributed by atoms with Crippen LogP contribution < -0.4 is 10.5 Å². The van der Waals surface area contributed by atoms with Gasteiger partial charge in [-0.2, -0.15) is 0 Å². The van der Waals surface area contributed by atoms with Crippen LogP contribution in [0.15, 0.2) is 18.5 Å². The highest BCUT2D eigenvalue weighted by Gasteiger charge is 2.15. The Bertz CT molecular complexity index is 308. The monoisotopic (exact) mass is 206 g/mol. The summed E-state index contributed by atoms with van der Waals surface area (Å²) in [4.78, 5) is 4.08. The second-order valence-electron chi connectivity index (χ2n) is 4.07. The number of ether oxygens (including phenoxy) is 1. The molecule has 82 valence electrons. The average molecular weight is 206 g/mol. The van der Waals surface area contributed by atoms with Crippen LogP contribution >= 0.6 is 0 Å². The number of pyridine rings is 1. The third kappa shape index (κ3) is 2.69. The summed E-state index contributed by atoms with van der Waals surface area (Å²) in [5.74, 6) is 0.868. The van der Waals surface area contributed by atoms with Crippen molar-refractivity contribution in [3.05, 3.63) is 24.0 Å². The average Bonchev–Trinajstić information content (AvgIpc) is 2.31. The highest BCUT2D eigenvalue weighted by atomic mass is 16.5. The summed E-state index contributed by atoms with van der Waals surface area (Å²) in [6.07, 6.45) is 10.1. The van der Waals surface area contributed by atoms with E-state index in [1.165, 1.54) is 32.1 Å². The summed E-state index contributed by atoms with van der Waals surface area (Å²) in [6.45, 7) is 0.518. The fourth-order valence-electron chi connectivity index (χ4n) is 2.05. The lowest BCUT2D eigenvalue weighted by Crippen LogP contribution is -2.20. The van der Waals surface area contributed by atoms with E-state index >= 15 is 0 Å². The molecule has 2 N–H and O–H groups in total. The van der Waals surface area contributed by atoms with Gasteiger partial charge < -0.3 is 10.5 Å². The van der Waals surface area contributed by atoms with Crippen LogP contribution in [-0.4, -0.2) is 11.1 Å². The van der Waals surface area contributed by atoms with Crippen LogP contribution in [-0.2, 0) is 6.54 Å². The van der Waals surface area contributed by atoms with Gasteiger partial charge >= 0.3 is 0 Å². The Balaban J connectivity index is 2.02. The van der Waals surface area contributed by atoms with E-state index in [4.69, 9.17) is 10.5 Å². The van der Waals surface area contributed by atoms with Gasteiger partial charge in [-0.25, -0.2) is 0 Å². The van der Waals surface area contributed by atoms with Crippen LogP contribution in [0.3, 0.4) is 0 Å². The van der Waals surface area contributed by atoms with Crippen LogP contribution in [0, 0.1) is 0 Å². The largest absolute Gasteiger partial charge is 0.488 e. The van der Waals surface area contributed by atoms with Gasteiger partial charge in [0.05, 0.1) is 12.3 Å². The van der Waals surface area contributed by atoms with Crippen molar-refractivity contribution in [2.45, 2.75) is 44.8 Å². The van der Waals surface area contributed by atoms with E-state index in [0.29, 0.717) is 12.6 Å². The quantitative estimate of drug-likeness (QED) is 0.825. The highest BCUT2D eigenvalue weighted by molar-refractivity contribution is 5.29. The zero-order chi connectivity index (χ0) is 10.5. The Labute approximate surface area is 90.7 Å². The predicted octanol–water partition coefficient (Wildman–Crippen LogP) is 2.25. The molecule has 0 spiro atoms. The Morgan fingerprint density at radius 1 is 1.33 bits per heavy atom. The van der Waals surface area contributed by atoms with E-state index in [0.717, 1.165) is 11.3 Å². The zero-order valence-electron chi connectivity index (χ0n) is 8.98. The number of hydrogen-bond acceptors (Lipinski definition) is 3. The minimum Gasteiger partial charge on any atom is -0.488 e. The number of nitrogens with zero attached hydrogens (tertiary/aromatic N) is 1. The Kier molecular flexibility index (Phi) is 3.56. The molecular weight excluding hydrogens is 188 g/mol. The molecule has 0 bridgehead atoms. The lowest BCUT2D eigenvalue weighted by atomic mass is 9.98. The predicted molar refractivity (Wildman–Crippen MR) is 59.6 cm³/mol. The molecule has 0 amide bonds. The summed E-state index contributed by atoms with van der Waals surface area (Å²) in [5.41, 5.74) is 6.70. The minimum absolute atomic E-state index is 0.369. The van der Waals surface area contributed by atoms with Gasteiger partial charge in [-0.05, 0) is 31.7 Å². The summed E-state index contributed by atoms with van der Waals surface area (Å²) >= 11 is 0. The van der Waals surface area contributed by atoms with E-state index < -0.39 is 0 Å². The van der Waals surface area contributed by atoms with Crippen molar-refractivity contribution in [2.24, 2.45) is 5.73 Å². The standard InChI is InChI=1S/C12H18N2O/c13-8-10-6-7-14-9-12(10)15-11-4-2-1-3-5-11/h6-7,9,11H,1-5,8,13H2. The first kappa shape index (κ1) is 10.4. The zero-order valence-corrected chi connectivity index (χ0v) is 8.98. The number of nitrogens with two attached hydrogens (primary N) is 1. The molecule has 0 unspecified atom stereocenters. The maximum Gasteiger partial charge on any atom is 0.142 e.